The van der Waals surface area contributed by atoms with Crippen molar-refractivity contribution in [2.24, 2.45) is 11.1 Å². The maximum Gasteiger partial charge on any atom is 0.0306 e. The van der Waals surface area contributed by atoms with Gasteiger partial charge in [0.2, 0.25) is 0 Å². The molecule has 1 aliphatic carbocycles. The molecule has 1 aromatic rings. The molecule has 1 aromatic carbocycles. The average Bonchev–Trinajstić information content (AvgIpc) is 3.16. The topological polar surface area (TPSA) is 38.0 Å². The molecule has 100 valence electrons. The normalized spacial score (nSPS) is 18.6. The molecule has 1 aliphatic rings. The lowest BCUT2D eigenvalue weighted by atomic mass is 10.0. The van der Waals surface area contributed by atoms with Crippen LogP contribution in [0.2, 0.25) is 0 Å². The molecular weight excluding hydrogens is 220 g/mol. The van der Waals surface area contributed by atoms with Crippen LogP contribution in [0.4, 0.5) is 0 Å². The summed E-state index contributed by atoms with van der Waals surface area (Å²) < 4.78 is 0. The summed E-state index contributed by atoms with van der Waals surface area (Å²) in [5.74, 6) is 0. The number of hydrogen-bond acceptors (Lipinski definition) is 2. The van der Waals surface area contributed by atoms with Gasteiger partial charge in [-0.25, -0.2) is 0 Å². The van der Waals surface area contributed by atoms with Crippen LogP contribution in [-0.2, 0) is 0 Å². The Bertz CT molecular complexity index is 343. The second kappa shape index (κ2) is 6.35. The molecule has 0 heterocycles. The van der Waals surface area contributed by atoms with Gasteiger partial charge in [0.25, 0.3) is 0 Å². The maximum atomic E-state index is 6.18. The SMILES string of the molecule is CCCC1(CNCCC(N)c2ccccc2)CC1. The van der Waals surface area contributed by atoms with Gasteiger partial charge in [0.05, 0.1) is 0 Å². The Hall–Kier alpha value is -0.860. The highest BCUT2D eigenvalue weighted by Crippen LogP contribution is 2.48. The van der Waals surface area contributed by atoms with Crippen LogP contribution in [-0.4, -0.2) is 13.1 Å². The van der Waals surface area contributed by atoms with E-state index in [1.165, 1.54) is 37.8 Å². The standard InChI is InChI=1S/C16H26N2/c1-2-9-16(10-11-16)13-18-12-8-15(17)14-6-4-3-5-7-14/h3-7,15,18H,2,8-13,17H2,1H3. The Labute approximate surface area is 111 Å². The minimum atomic E-state index is 0.167. The zero-order valence-corrected chi connectivity index (χ0v) is 11.5. The highest BCUT2D eigenvalue weighted by atomic mass is 14.9. The first-order valence-corrected chi connectivity index (χ1v) is 7.27. The van der Waals surface area contributed by atoms with Crippen LogP contribution in [0.1, 0.15) is 50.6 Å². The number of hydrogen-bond donors (Lipinski definition) is 2. The van der Waals surface area contributed by atoms with Crippen LogP contribution < -0.4 is 11.1 Å². The first kappa shape index (κ1) is 13.6. The molecule has 2 heteroatoms. The van der Waals surface area contributed by atoms with Gasteiger partial charge in [-0.05, 0) is 43.2 Å². The molecule has 1 unspecified atom stereocenters. The summed E-state index contributed by atoms with van der Waals surface area (Å²) in [4.78, 5) is 0. The van der Waals surface area contributed by atoms with Crippen molar-refractivity contribution in [1.82, 2.24) is 5.32 Å². The van der Waals surface area contributed by atoms with E-state index >= 15 is 0 Å². The molecule has 0 aromatic heterocycles. The molecule has 1 atom stereocenters. The molecule has 1 saturated carbocycles. The number of benzene rings is 1. The van der Waals surface area contributed by atoms with Gasteiger partial charge in [-0.1, -0.05) is 43.7 Å². The van der Waals surface area contributed by atoms with Gasteiger partial charge in [0.1, 0.15) is 0 Å². The van der Waals surface area contributed by atoms with E-state index in [1.807, 2.05) is 6.07 Å². The Balaban J connectivity index is 1.64. The molecule has 2 rings (SSSR count). The maximum absolute atomic E-state index is 6.18. The van der Waals surface area contributed by atoms with E-state index in [0.717, 1.165) is 13.0 Å². The van der Waals surface area contributed by atoms with Crippen molar-refractivity contribution in [2.75, 3.05) is 13.1 Å². The smallest absolute Gasteiger partial charge is 0.0306 e. The Morgan fingerprint density at radius 3 is 2.61 bits per heavy atom. The van der Waals surface area contributed by atoms with Crippen molar-refractivity contribution in [2.45, 2.75) is 45.1 Å². The Morgan fingerprint density at radius 1 is 1.28 bits per heavy atom. The highest BCUT2D eigenvalue weighted by molar-refractivity contribution is 5.18. The molecule has 0 aliphatic heterocycles. The zero-order valence-electron chi connectivity index (χ0n) is 11.5. The van der Waals surface area contributed by atoms with Crippen LogP contribution in [0.15, 0.2) is 30.3 Å². The van der Waals surface area contributed by atoms with Crippen molar-refractivity contribution in [3.8, 4) is 0 Å². The van der Waals surface area contributed by atoms with Crippen LogP contribution in [0.25, 0.3) is 0 Å². The summed E-state index contributed by atoms with van der Waals surface area (Å²) in [5, 5.41) is 3.59. The van der Waals surface area contributed by atoms with Gasteiger partial charge < -0.3 is 11.1 Å². The predicted molar refractivity (Wildman–Crippen MR) is 77.4 cm³/mol. The van der Waals surface area contributed by atoms with E-state index in [0.29, 0.717) is 5.41 Å². The lowest BCUT2D eigenvalue weighted by Gasteiger charge is -2.17. The van der Waals surface area contributed by atoms with Crippen molar-refractivity contribution in [1.29, 1.82) is 0 Å². The van der Waals surface area contributed by atoms with Crippen molar-refractivity contribution < 1.29 is 0 Å². The number of nitrogens with one attached hydrogen (secondary N) is 1. The molecule has 1 fully saturated rings. The first-order chi connectivity index (χ1) is 8.76. The fraction of sp³-hybridized carbons (Fsp3) is 0.625. The molecule has 0 spiro atoms. The Kier molecular flexibility index (Phi) is 4.79. The summed E-state index contributed by atoms with van der Waals surface area (Å²) >= 11 is 0. The molecule has 0 bridgehead atoms. The number of rotatable bonds is 8. The first-order valence-electron chi connectivity index (χ1n) is 7.27. The molecule has 0 radical (unpaired) electrons. The van der Waals surface area contributed by atoms with Gasteiger partial charge >= 0.3 is 0 Å². The predicted octanol–water partition coefficient (Wildman–Crippen LogP) is 3.25. The zero-order chi connectivity index (χ0) is 12.8. The summed E-state index contributed by atoms with van der Waals surface area (Å²) in [7, 11) is 0. The van der Waals surface area contributed by atoms with E-state index in [-0.39, 0.29) is 6.04 Å². The van der Waals surface area contributed by atoms with E-state index < -0.39 is 0 Å². The summed E-state index contributed by atoms with van der Waals surface area (Å²) in [6.07, 6.45) is 6.54. The lowest BCUT2D eigenvalue weighted by molar-refractivity contribution is 0.414. The van der Waals surface area contributed by atoms with Crippen molar-refractivity contribution in [3.63, 3.8) is 0 Å². The van der Waals surface area contributed by atoms with Gasteiger partial charge in [-0.2, -0.15) is 0 Å². The monoisotopic (exact) mass is 246 g/mol. The van der Waals surface area contributed by atoms with Crippen molar-refractivity contribution >= 4 is 0 Å². The van der Waals surface area contributed by atoms with E-state index in [9.17, 15) is 0 Å². The average molecular weight is 246 g/mol. The third-order valence-electron chi connectivity index (χ3n) is 4.10. The summed E-state index contributed by atoms with van der Waals surface area (Å²) in [6, 6.07) is 10.6. The summed E-state index contributed by atoms with van der Waals surface area (Å²) in [5.41, 5.74) is 8.07. The van der Waals surface area contributed by atoms with Gasteiger partial charge in [-0.3, -0.25) is 0 Å². The van der Waals surface area contributed by atoms with Crippen LogP contribution in [0.5, 0.6) is 0 Å². The quantitative estimate of drug-likeness (QED) is 0.691. The molecule has 2 nitrogen and oxygen atoms in total. The molecule has 3 N–H and O–H groups in total. The third kappa shape index (κ3) is 3.82. The van der Waals surface area contributed by atoms with Crippen LogP contribution in [0.3, 0.4) is 0 Å². The minimum absolute atomic E-state index is 0.167. The highest BCUT2D eigenvalue weighted by Gasteiger charge is 2.40. The second-order valence-corrected chi connectivity index (χ2v) is 5.73. The lowest BCUT2D eigenvalue weighted by Crippen LogP contribution is -2.27. The van der Waals surface area contributed by atoms with Gasteiger partial charge in [0.15, 0.2) is 0 Å². The fourth-order valence-electron chi connectivity index (χ4n) is 2.70. The van der Waals surface area contributed by atoms with E-state index in [4.69, 9.17) is 5.73 Å². The largest absolute Gasteiger partial charge is 0.324 e. The van der Waals surface area contributed by atoms with Crippen LogP contribution >= 0.6 is 0 Å². The Morgan fingerprint density at radius 2 is 2.00 bits per heavy atom. The van der Waals surface area contributed by atoms with Gasteiger partial charge in [0, 0.05) is 12.6 Å². The fourth-order valence-corrected chi connectivity index (χ4v) is 2.70. The van der Waals surface area contributed by atoms with E-state index in [1.54, 1.807) is 0 Å². The molecule has 0 saturated heterocycles. The molecule has 0 amide bonds. The minimum Gasteiger partial charge on any atom is -0.324 e. The molecule has 18 heavy (non-hydrogen) atoms. The summed E-state index contributed by atoms with van der Waals surface area (Å²) in [6.45, 7) is 4.50. The molecular formula is C16H26N2. The third-order valence-corrected chi connectivity index (χ3v) is 4.10. The van der Waals surface area contributed by atoms with Crippen molar-refractivity contribution in [3.05, 3.63) is 35.9 Å². The van der Waals surface area contributed by atoms with Crippen LogP contribution in [0, 0.1) is 5.41 Å². The second-order valence-electron chi connectivity index (χ2n) is 5.73. The van der Waals surface area contributed by atoms with E-state index in [2.05, 4.69) is 36.5 Å². The number of nitrogens with two attached hydrogens (primary N) is 1. The van der Waals surface area contributed by atoms with Gasteiger partial charge in [-0.15, -0.1) is 0 Å².